The molecule has 7 atom stereocenters. The Bertz CT molecular complexity index is 2050. The van der Waals surface area contributed by atoms with Crippen molar-refractivity contribution in [2.24, 2.45) is 17.8 Å². The zero-order valence-corrected chi connectivity index (χ0v) is 29.6. The molecule has 4 N–H and O–H groups in total. The number of fused-ring (bicyclic) bond motifs is 5. The van der Waals surface area contributed by atoms with Gasteiger partial charge in [-0.05, 0) is 69.4 Å². The van der Waals surface area contributed by atoms with Crippen LogP contribution >= 0.6 is 0 Å². The molecule has 0 unspecified atom stereocenters. The molecule has 51 heavy (non-hydrogen) atoms. The number of carbonyl (C=O) groups excluding carboxylic acids is 3. The van der Waals surface area contributed by atoms with Crippen molar-refractivity contribution in [3.63, 3.8) is 0 Å². The molecule has 2 aromatic heterocycles. The van der Waals surface area contributed by atoms with E-state index in [2.05, 4.69) is 25.3 Å². The van der Waals surface area contributed by atoms with Gasteiger partial charge in [-0.25, -0.2) is 18.2 Å². The number of carbonyl (C=O) groups is 4. The van der Waals surface area contributed by atoms with Crippen molar-refractivity contribution in [1.29, 1.82) is 0 Å². The van der Waals surface area contributed by atoms with Gasteiger partial charge < -0.3 is 25.4 Å². The van der Waals surface area contributed by atoms with Crippen LogP contribution in [0.3, 0.4) is 0 Å². The first-order chi connectivity index (χ1) is 24.2. The average molecular weight is 722 g/mol. The number of imidazole rings is 1. The fraction of sp³-hybridized carbons (Fsp3) is 0.543. The van der Waals surface area contributed by atoms with Crippen LogP contribution in [0.4, 0.5) is 4.79 Å². The Morgan fingerprint density at radius 1 is 1.14 bits per heavy atom. The van der Waals surface area contributed by atoms with Crippen molar-refractivity contribution < 1.29 is 37.4 Å². The summed E-state index contributed by atoms with van der Waals surface area (Å²) in [5, 5.41) is 15.7. The van der Waals surface area contributed by atoms with Gasteiger partial charge in [0, 0.05) is 24.7 Å². The number of sulfonamides is 1. The van der Waals surface area contributed by atoms with Crippen LogP contribution in [0.25, 0.3) is 16.7 Å². The molecule has 0 bridgehead atoms. The number of aromatic nitrogens is 3. The Morgan fingerprint density at radius 2 is 1.90 bits per heavy atom. The summed E-state index contributed by atoms with van der Waals surface area (Å²) in [6, 6.07) is 5.14. The lowest BCUT2D eigenvalue weighted by Crippen LogP contribution is -2.59. The van der Waals surface area contributed by atoms with Gasteiger partial charge in [-0.1, -0.05) is 38.1 Å². The number of nitrogens with zero attached hydrogens (tertiary/aromatic N) is 4. The fourth-order valence-electron chi connectivity index (χ4n) is 7.56. The molecule has 16 heteroatoms. The quantitative estimate of drug-likeness (QED) is 0.274. The summed E-state index contributed by atoms with van der Waals surface area (Å²) in [5.41, 5.74) is -0.748. The molecule has 4 heterocycles. The van der Waals surface area contributed by atoms with E-state index >= 15 is 0 Å². The Hall–Kier alpha value is -4.73. The molecular weight excluding hydrogens is 678 g/mol. The van der Waals surface area contributed by atoms with Crippen LogP contribution in [0.15, 0.2) is 48.8 Å². The Morgan fingerprint density at radius 3 is 2.65 bits per heavy atom. The van der Waals surface area contributed by atoms with Crippen LogP contribution in [0, 0.1) is 17.8 Å². The molecule has 3 fully saturated rings. The number of nitrogens with one attached hydrogen (secondary N) is 3. The number of hydrogen-bond acceptors (Lipinski definition) is 9. The van der Waals surface area contributed by atoms with Gasteiger partial charge in [0.25, 0.3) is 5.91 Å². The largest absolute Gasteiger partial charge is 0.472 e. The zero-order chi connectivity index (χ0) is 36.3. The first-order valence-electron chi connectivity index (χ1n) is 17.5. The lowest BCUT2D eigenvalue weighted by atomic mass is 9.88. The van der Waals surface area contributed by atoms with E-state index in [4.69, 9.17) is 4.74 Å². The molecule has 4 aliphatic rings. The number of allylic oxidation sites excluding steroid dienone is 1. The normalized spacial score (nSPS) is 31.4. The molecule has 2 saturated carbocycles. The maximum absolute atomic E-state index is 14.4. The highest BCUT2D eigenvalue weighted by Crippen LogP contribution is 2.47. The third-order valence-electron chi connectivity index (χ3n) is 11.0. The molecule has 15 nitrogen and oxygen atoms in total. The van der Waals surface area contributed by atoms with E-state index in [1.807, 2.05) is 54.7 Å². The summed E-state index contributed by atoms with van der Waals surface area (Å²) in [6.07, 6.45) is 8.05. The average Bonchev–Trinajstić information content (AvgIpc) is 3.86. The number of amides is 4. The molecule has 0 spiro atoms. The number of carboxylic acid groups (broad SMARTS) is 1. The van der Waals surface area contributed by atoms with E-state index in [1.165, 1.54) is 4.90 Å². The van der Waals surface area contributed by atoms with E-state index in [-0.39, 0.29) is 31.2 Å². The van der Waals surface area contributed by atoms with E-state index < -0.39 is 74.1 Å². The van der Waals surface area contributed by atoms with Crippen molar-refractivity contribution in [2.75, 3.05) is 6.54 Å². The van der Waals surface area contributed by atoms with Gasteiger partial charge >= 0.3 is 6.09 Å². The third kappa shape index (κ3) is 6.49. The summed E-state index contributed by atoms with van der Waals surface area (Å²) in [6.45, 7) is 5.35. The maximum Gasteiger partial charge on any atom is 0.405 e. The summed E-state index contributed by atoms with van der Waals surface area (Å²) in [5.74, 6) is -2.16. The Labute approximate surface area is 295 Å². The van der Waals surface area contributed by atoms with Crippen molar-refractivity contribution in [3.05, 3.63) is 48.8 Å². The summed E-state index contributed by atoms with van der Waals surface area (Å²) in [7, 11) is -4.00. The van der Waals surface area contributed by atoms with Gasteiger partial charge in [-0.15, -0.1) is 0 Å². The predicted octanol–water partition coefficient (Wildman–Crippen LogP) is 2.75. The highest BCUT2D eigenvalue weighted by molar-refractivity contribution is 7.91. The second-order valence-corrected chi connectivity index (χ2v) is 17.1. The van der Waals surface area contributed by atoms with Crippen LogP contribution in [-0.4, -0.2) is 91.6 Å². The smallest absolute Gasteiger partial charge is 0.405 e. The minimum atomic E-state index is -4.00. The van der Waals surface area contributed by atoms with Gasteiger partial charge in [0.05, 0.1) is 22.2 Å². The van der Waals surface area contributed by atoms with E-state index in [1.54, 1.807) is 19.3 Å². The van der Waals surface area contributed by atoms with Gasteiger partial charge in [0.1, 0.15) is 23.7 Å². The third-order valence-corrected chi connectivity index (χ3v) is 13.2. The summed E-state index contributed by atoms with van der Waals surface area (Å²) >= 11 is 0. The second-order valence-electron chi connectivity index (χ2n) is 14.9. The molecule has 3 aromatic rings. The van der Waals surface area contributed by atoms with Gasteiger partial charge in [-0.3, -0.25) is 23.5 Å². The van der Waals surface area contributed by atoms with Crippen LogP contribution in [-0.2, 0) is 24.4 Å². The molecule has 2 aliphatic carbocycles. The lowest BCUT2D eigenvalue weighted by Gasteiger charge is -2.32. The molecular formula is C35H43N7O8S. The first kappa shape index (κ1) is 34.7. The fourth-order valence-corrected chi connectivity index (χ4v) is 8.87. The van der Waals surface area contributed by atoms with Crippen molar-refractivity contribution >= 4 is 50.5 Å². The molecule has 2 aliphatic heterocycles. The predicted molar refractivity (Wildman–Crippen MR) is 185 cm³/mol. The standard InChI is InChI=1S/C35H43N7O8S/c1-20-8-4-5-9-22-18-35(22,31(45)40-51(48,49)34(3)12-13-34)39-28(43)26-17-23(19-42(26)30(44)27(21(2)16-20)37-33(46)47)50-29-24-10-6-7-11-25(24)41-15-14-36-32(41)38-29/h5-7,9-11,14-15,20-23,26-27,37H,4,8,12-13,16-19H2,1-3H3,(H,39,43)(H,40,45)(H,46,47)/b9-5-/t20-,21+,22+,23+,26-,27-,35+/m0/s1. The topological polar surface area (TPSA) is 201 Å². The van der Waals surface area contributed by atoms with E-state index in [9.17, 15) is 32.7 Å². The summed E-state index contributed by atoms with van der Waals surface area (Å²) < 4.78 is 35.7. The molecule has 0 radical (unpaired) electrons. The maximum atomic E-state index is 14.4. The van der Waals surface area contributed by atoms with Gasteiger partial charge in [0.2, 0.25) is 33.5 Å². The minimum Gasteiger partial charge on any atom is -0.472 e. The highest BCUT2D eigenvalue weighted by atomic mass is 32.2. The number of hydrogen-bond donors (Lipinski definition) is 4. The van der Waals surface area contributed by atoms with Gasteiger partial charge in [0.15, 0.2) is 0 Å². The SMILES string of the molecule is C[C@H]1CC/C=C\[C@@H]2C[C@@]2(C(=O)NS(=O)(=O)C2(C)CC2)NC(=O)[C@@H]2C[C@@H](Oc3nc4nccn4c4ccccc34)CN2C(=O)[C@@H](NC(=O)O)[C@H](C)C1. The Kier molecular flexibility index (Phi) is 8.71. The van der Waals surface area contributed by atoms with Crippen LogP contribution in [0.1, 0.15) is 65.7 Å². The van der Waals surface area contributed by atoms with Crippen LogP contribution in [0.5, 0.6) is 5.88 Å². The molecule has 4 amide bonds. The number of para-hydroxylation sites is 1. The van der Waals surface area contributed by atoms with E-state index in [0.29, 0.717) is 36.8 Å². The molecule has 1 saturated heterocycles. The molecule has 272 valence electrons. The lowest BCUT2D eigenvalue weighted by molar-refractivity contribution is -0.142. The second kappa shape index (κ2) is 12.8. The molecule has 1 aromatic carbocycles. The number of rotatable bonds is 6. The highest BCUT2D eigenvalue weighted by Gasteiger charge is 2.63. The van der Waals surface area contributed by atoms with Crippen LogP contribution < -0.4 is 20.1 Å². The Balaban J connectivity index is 1.23. The summed E-state index contributed by atoms with van der Waals surface area (Å²) in [4.78, 5) is 64.7. The minimum absolute atomic E-state index is 0.00630. The van der Waals surface area contributed by atoms with Gasteiger partial charge in [-0.2, -0.15) is 4.98 Å². The monoisotopic (exact) mass is 721 g/mol. The van der Waals surface area contributed by atoms with Crippen molar-refractivity contribution in [3.8, 4) is 5.88 Å². The number of ether oxygens (including phenoxy) is 1. The van der Waals surface area contributed by atoms with Crippen molar-refractivity contribution in [1.82, 2.24) is 34.6 Å². The molecule has 7 rings (SSSR count). The van der Waals surface area contributed by atoms with E-state index in [0.717, 1.165) is 11.9 Å². The zero-order valence-electron chi connectivity index (χ0n) is 28.7. The van der Waals surface area contributed by atoms with Crippen LogP contribution in [0.2, 0.25) is 0 Å². The number of benzene rings is 1. The first-order valence-corrected chi connectivity index (χ1v) is 18.9. The van der Waals surface area contributed by atoms with Crippen molar-refractivity contribution in [2.45, 2.75) is 94.2 Å².